The second kappa shape index (κ2) is 6.89. The summed E-state index contributed by atoms with van der Waals surface area (Å²) in [6.45, 7) is 2.44. The van der Waals surface area contributed by atoms with Gasteiger partial charge in [0.25, 0.3) is 5.56 Å². The normalized spacial score (nSPS) is 21.3. The predicted molar refractivity (Wildman–Crippen MR) is 88.0 cm³/mol. The van der Waals surface area contributed by atoms with Crippen LogP contribution in [0.2, 0.25) is 0 Å². The largest absolute Gasteiger partial charge is 0.353 e. The predicted octanol–water partition coefficient (Wildman–Crippen LogP) is 1.88. The number of aromatic nitrogens is 3. The van der Waals surface area contributed by atoms with Gasteiger partial charge in [-0.15, -0.1) is 5.10 Å². The summed E-state index contributed by atoms with van der Waals surface area (Å²) >= 11 is 0. The Morgan fingerprint density at radius 1 is 1.30 bits per heavy atom. The van der Waals surface area contributed by atoms with Gasteiger partial charge in [0.15, 0.2) is 0 Å². The van der Waals surface area contributed by atoms with Gasteiger partial charge in [-0.1, -0.05) is 37.1 Å². The second-order valence-corrected chi connectivity index (χ2v) is 6.32. The van der Waals surface area contributed by atoms with Gasteiger partial charge in [0.2, 0.25) is 5.91 Å². The van der Waals surface area contributed by atoms with Crippen LogP contribution in [0.15, 0.2) is 29.1 Å². The lowest BCUT2D eigenvalue weighted by molar-refractivity contribution is -0.122. The highest BCUT2D eigenvalue weighted by molar-refractivity contribution is 5.77. The summed E-state index contributed by atoms with van der Waals surface area (Å²) in [7, 11) is 0. The van der Waals surface area contributed by atoms with E-state index >= 15 is 0 Å². The minimum atomic E-state index is -0.200. The molecule has 1 saturated carbocycles. The first kappa shape index (κ1) is 15.6. The molecule has 1 N–H and O–H groups in total. The molecular weight excluding hydrogens is 292 g/mol. The van der Waals surface area contributed by atoms with Crippen molar-refractivity contribution < 1.29 is 4.79 Å². The number of hydrogen-bond acceptors (Lipinski definition) is 4. The summed E-state index contributed by atoms with van der Waals surface area (Å²) in [5.74, 6) is 0.501. The van der Waals surface area contributed by atoms with Crippen LogP contribution in [-0.4, -0.2) is 26.9 Å². The summed E-state index contributed by atoms with van der Waals surface area (Å²) in [6, 6.07) is 7.36. The van der Waals surface area contributed by atoms with Gasteiger partial charge in [0.1, 0.15) is 5.52 Å². The number of amides is 1. The van der Waals surface area contributed by atoms with Gasteiger partial charge in [-0.3, -0.25) is 9.59 Å². The monoisotopic (exact) mass is 314 g/mol. The SMILES string of the molecule is CC1CCCCC1NC(=O)CCn1nnc2ccccc2c1=O. The van der Waals surface area contributed by atoms with Crippen molar-refractivity contribution >= 4 is 16.8 Å². The number of carbonyl (C=O) groups excluding carboxylic acids is 1. The molecule has 1 fully saturated rings. The molecule has 2 unspecified atom stereocenters. The third kappa shape index (κ3) is 3.57. The lowest BCUT2D eigenvalue weighted by atomic mass is 9.86. The van der Waals surface area contributed by atoms with Crippen LogP contribution in [0.25, 0.3) is 10.9 Å². The van der Waals surface area contributed by atoms with E-state index in [-0.39, 0.29) is 30.5 Å². The molecule has 0 bridgehead atoms. The molecule has 1 aliphatic carbocycles. The van der Waals surface area contributed by atoms with Crippen LogP contribution in [0.1, 0.15) is 39.0 Å². The van der Waals surface area contributed by atoms with Gasteiger partial charge < -0.3 is 5.32 Å². The third-order valence-corrected chi connectivity index (χ3v) is 4.64. The molecule has 1 aliphatic rings. The van der Waals surface area contributed by atoms with Crippen molar-refractivity contribution in [3.8, 4) is 0 Å². The number of rotatable bonds is 4. The van der Waals surface area contributed by atoms with E-state index in [0.29, 0.717) is 16.8 Å². The molecule has 122 valence electrons. The average Bonchev–Trinajstić information content (AvgIpc) is 2.57. The smallest absolute Gasteiger partial charge is 0.277 e. The van der Waals surface area contributed by atoms with E-state index in [2.05, 4.69) is 22.6 Å². The van der Waals surface area contributed by atoms with Crippen LogP contribution in [0.3, 0.4) is 0 Å². The van der Waals surface area contributed by atoms with Gasteiger partial charge in [-0.25, -0.2) is 4.68 Å². The highest BCUT2D eigenvalue weighted by Crippen LogP contribution is 2.23. The van der Waals surface area contributed by atoms with E-state index in [9.17, 15) is 9.59 Å². The Morgan fingerprint density at radius 2 is 2.09 bits per heavy atom. The maximum Gasteiger partial charge on any atom is 0.277 e. The molecule has 23 heavy (non-hydrogen) atoms. The molecule has 2 atom stereocenters. The third-order valence-electron chi connectivity index (χ3n) is 4.64. The molecular formula is C17H22N4O2. The maximum atomic E-state index is 12.3. The summed E-state index contributed by atoms with van der Waals surface area (Å²) in [5, 5.41) is 11.6. The number of benzene rings is 1. The molecule has 1 aromatic carbocycles. The van der Waals surface area contributed by atoms with E-state index < -0.39 is 0 Å². The number of nitrogens with zero attached hydrogens (tertiary/aromatic N) is 3. The van der Waals surface area contributed by atoms with Gasteiger partial charge in [-0.05, 0) is 30.9 Å². The van der Waals surface area contributed by atoms with Crippen molar-refractivity contribution in [2.75, 3.05) is 0 Å². The van der Waals surface area contributed by atoms with Crippen LogP contribution in [0, 0.1) is 5.92 Å². The molecule has 0 radical (unpaired) electrons. The molecule has 1 amide bonds. The van der Waals surface area contributed by atoms with Crippen molar-refractivity contribution in [3.63, 3.8) is 0 Å². The number of nitrogens with one attached hydrogen (secondary N) is 1. The van der Waals surface area contributed by atoms with Crippen LogP contribution in [0.4, 0.5) is 0 Å². The summed E-state index contributed by atoms with van der Waals surface area (Å²) in [4.78, 5) is 24.4. The Bertz CT molecular complexity index is 756. The molecule has 1 aromatic heterocycles. The van der Waals surface area contributed by atoms with Crippen molar-refractivity contribution in [3.05, 3.63) is 34.6 Å². The van der Waals surface area contributed by atoms with Gasteiger partial charge in [0, 0.05) is 12.5 Å². The Kier molecular flexibility index (Phi) is 4.69. The Labute approximate surface area is 134 Å². The Hall–Kier alpha value is -2.24. The lowest BCUT2D eigenvalue weighted by Gasteiger charge is -2.29. The first-order valence-corrected chi connectivity index (χ1v) is 8.27. The zero-order chi connectivity index (χ0) is 16.2. The molecule has 0 aliphatic heterocycles. The van der Waals surface area contributed by atoms with Gasteiger partial charge >= 0.3 is 0 Å². The molecule has 3 rings (SSSR count). The molecule has 1 heterocycles. The first-order chi connectivity index (χ1) is 11.1. The maximum absolute atomic E-state index is 12.3. The molecule has 0 spiro atoms. The molecule has 2 aromatic rings. The molecule has 6 heteroatoms. The Balaban J connectivity index is 1.63. The van der Waals surface area contributed by atoms with Crippen molar-refractivity contribution in [1.29, 1.82) is 0 Å². The van der Waals surface area contributed by atoms with Crippen LogP contribution >= 0.6 is 0 Å². The van der Waals surface area contributed by atoms with E-state index in [1.165, 1.54) is 23.9 Å². The summed E-state index contributed by atoms with van der Waals surface area (Å²) in [5.41, 5.74) is 0.378. The second-order valence-electron chi connectivity index (χ2n) is 6.32. The lowest BCUT2D eigenvalue weighted by Crippen LogP contribution is -2.41. The fraction of sp³-hybridized carbons (Fsp3) is 0.529. The minimum absolute atomic E-state index is 0.0226. The number of aryl methyl sites for hydroxylation is 1. The summed E-state index contributed by atoms with van der Waals surface area (Å²) in [6.07, 6.45) is 4.87. The number of carbonyl (C=O) groups is 1. The quantitative estimate of drug-likeness (QED) is 0.934. The van der Waals surface area contributed by atoms with Crippen LogP contribution < -0.4 is 10.9 Å². The summed E-state index contributed by atoms with van der Waals surface area (Å²) < 4.78 is 1.27. The van der Waals surface area contributed by atoms with E-state index in [1.54, 1.807) is 18.2 Å². The van der Waals surface area contributed by atoms with Crippen molar-refractivity contribution in [2.45, 2.75) is 51.6 Å². The van der Waals surface area contributed by atoms with Crippen molar-refractivity contribution in [2.24, 2.45) is 5.92 Å². The highest BCUT2D eigenvalue weighted by atomic mass is 16.2. The average molecular weight is 314 g/mol. The van der Waals surface area contributed by atoms with E-state index in [1.807, 2.05) is 6.07 Å². The highest BCUT2D eigenvalue weighted by Gasteiger charge is 2.22. The zero-order valence-electron chi connectivity index (χ0n) is 13.4. The minimum Gasteiger partial charge on any atom is -0.353 e. The number of fused-ring (bicyclic) bond motifs is 1. The van der Waals surface area contributed by atoms with Gasteiger partial charge in [0.05, 0.1) is 11.9 Å². The van der Waals surface area contributed by atoms with Gasteiger partial charge in [-0.2, -0.15) is 0 Å². The van der Waals surface area contributed by atoms with E-state index in [4.69, 9.17) is 0 Å². The topological polar surface area (TPSA) is 76.9 Å². The molecule has 0 saturated heterocycles. The Morgan fingerprint density at radius 3 is 2.91 bits per heavy atom. The van der Waals surface area contributed by atoms with Crippen molar-refractivity contribution in [1.82, 2.24) is 20.3 Å². The number of hydrogen-bond donors (Lipinski definition) is 1. The molecule has 6 nitrogen and oxygen atoms in total. The standard InChI is InChI=1S/C17H22N4O2/c1-12-6-2-4-8-14(12)18-16(22)10-11-21-17(23)13-7-3-5-9-15(13)19-20-21/h3,5,7,9,12,14H,2,4,6,8,10-11H2,1H3,(H,18,22). The fourth-order valence-corrected chi connectivity index (χ4v) is 3.19. The van der Waals surface area contributed by atoms with Crippen LogP contribution in [0.5, 0.6) is 0 Å². The first-order valence-electron chi connectivity index (χ1n) is 8.27. The fourth-order valence-electron chi connectivity index (χ4n) is 3.19. The zero-order valence-corrected chi connectivity index (χ0v) is 13.4. The van der Waals surface area contributed by atoms with Crippen LogP contribution in [-0.2, 0) is 11.3 Å². The van der Waals surface area contributed by atoms with E-state index in [0.717, 1.165) is 6.42 Å².